The van der Waals surface area contributed by atoms with Gasteiger partial charge in [-0.3, -0.25) is 9.69 Å². The summed E-state index contributed by atoms with van der Waals surface area (Å²) < 4.78 is 0. The Labute approximate surface area is 91.2 Å². The van der Waals surface area contributed by atoms with Crippen molar-refractivity contribution in [3.8, 4) is 0 Å². The predicted molar refractivity (Wildman–Crippen MR) is 59.3 cm³/mol. The van der Waals surface area contributed by atoms with Crippen LogP contribution in [0.15, 0.2) is 0 Å². The molecule has 0 spiro atoms. The molecule has 15 heavy (non-hydrogen) atoms. The molecular weight excluding hydrogens is 190 g/mol. The molecule has 0 aromatic heterocycles. The lowest BCUT2D eigenvalue weighted by Crippen LogP contribution is -2.58. The van der Waals surface area contributed by atoms with E-state index >= 15 is 0 Å². The van der Waals surface area contributed by atoms with Gasteiger partial charge in [-0.05, 0) is 30.7 Å². The summed E-state index contributed by atoms with van der Waals surface area (Å²) in [6.07, 6.45) is 2.50. The molecule has 2 aliphatic rings. The van der Waals surface area contributed by atoms with E-state index in [9.17, 15) is 4.79 Å². The van der Waals surface area contributed by atoms with Gasteiger partial charge in [-0.15, -0.1) is 0 Å². The molecule has 2 rings (SSSR count). The summed E-state index contributed by atoms with van der Waals surface area (Å²) in [5.74, 6) is 0.501. The highest BCUT2D eigenvalue weighted by molar-refractivity contribution is 5.75. The van der Waals surface area contributed by atoms with Crippen molar-refractivity contribution in [3.05, 3.63) is 0 Å². The second-order valence-corrected chi connectivity index (χ2v) is 5.19. The van der Waals surface area contributed by atoms with E-state index < -0.39 is 0 Å². The van der Waals surface area contributed by atoms with Crippen molar-refractivity contribution >= 4 is 5.91 Å². The zero-order valence-corrected chi connectivity index (χ0v) is 9.46. The molecule has 0 aliphatic carbocycles. The fourth-order valence-electron chi connectivity index (χ4n) is 3.17. The molecule has 2 atom stereocenters. The number of hydrogen-bond acceptors (Lipinski definition) is 3. The molecule has 4 heteroatoms. The van der Waals surface area contributed by atoms with Gasteiger partial charge >= 0.3 is 0 Å². The Kier molecular flexibility index (Phi) is 2.98. The van der Waals surface area contributed by atoms with Crippen LogP contribution in [-0.4, -0.2) is 43.5 Å². The lowest BCUT2D eigenvalue weighted by Gasteiger charge is -2.49. The monoisotopic (exact) mass is 211 g/mol. The summed E-state index contributed by atoms with van der Waals surface area (Å²) in [6, 6.07) is 0. The van der Waals surface area contributed by atoms with Gasteiger partial charge in [-0.25, -0.2) is 0 Å². The minimum absolute atomic E-state index is 0.200. The van der Waals surface area contributed by atoms with Crippen LogP contribution < -0.4 is 11.1 Å². The Bertz CT molecular complexity index is 256. The maximum Gasteiger partial charge on any atom is 0.231 e. The average Bonchev–Trinajstić information content (AvgIpc) is 2.16. The maximum atomic E-state index is 10.9. The highest BCUT2D eigenvalue weighted by Crippen LogP contribution is 2.37. The normalized spacial score (nSPS) is 36.5. The first-order chi connectivity index (χ1) is 7.13. The molecule has 4 nitrogen and oxygen atoms in total. The summed E-state index contributed by atoms with van der Waals surface area (Å²) in [5.41, 5.74) is 5.65. The molecule has 2 saturated heterocycles. The standard InChI is InChI=1S/C11H21N3O/c1-2-11-3-9(4-13-7-11)5-14(8-11)6-10(12)15/h9,13H,2-8H2,1H3,(H2,12,15). The van der Waals surface area contributed by atoms with E-state index in [1.807, 2.05) is 0 Å². The summed E-state index contributed by atoms with van der Waals surface area (Å²) in [4.78, 5) is 13.2. The van der Waals surface area contributed by atoms with Crippen LogP contribution in [0.5, 0.6) is 0 Å². The molecule has 2 fully saturated rings. The van der Waals surface area contributed by atoms with Crippen molar-refractivity contribution in [2.75, 3.05) is 32.7 Å². The third-order valence-corrected chi connectivity index (χ3v) is 3.86. The van der Waals surface area contributed by atoms with E-state index in [-0.39, 0.29) is 5.91 Å². The number of carbonyl (C=O) groups is 1. The van der Waals surface area contributed by atoms with E-state index in [0.717, 1.165) is 26.2 Å². The third kappa shape index (κ3) is 2.32. The molecule has 1 amide bonds. The number of rotatable bonds is 3. The second kappa shape index (κ2) is 4.10. The van der Waals surface area contributed by atoms with Crippen LogP contribution in [0.3, 0.4) is 0 Å². The molecule has 2 unspecified atom stereocenters. The van der Waals surface area contributed by atoms with E-state index in [1.54, 1.807) is 0 Å². The van der Waals surface area contributed by atoms with Crippen molar-refractivity contribution in [2.45, 2.75) is 19.8 Å². The van der Waals surface area contributed by atoms with Crippen LogP contribution in [0.1, 0.15) is 19.8 Å². The molecule has 2 aliphatic heterocycles. The average molecular weight is 211 g/mol. The number of nitrogens with zero attached hydrogens (tertiary/aromatic N) is 1. The van der Waals surface area contributed by atoms with E-state index in [1.165, 1.54) is 12.8 Å². The molecule has 0 saturated carbocycles. The Morgan fingerprint density at radius 2 is 2.47 bits per heavy atom. The van der Waals surface area contributed by atoms with Crippen LogP contribution in [0.4, 0.5) is 0 Å². The largest absolute Gasteiger partial charge is 0.369 e. The minimum Gasteiger partial charge on any atom is -0.369 e. The van der Waals surface area contributed by atoms with Crippen molar-refractivity contribution in [2.24, 2.45) is 17.1 Å². The van der Waals surface area contributed by atoms with Crippen LogP contribution in [-0.2, 0) is 4.79 Å². The maximum absolute atomic E-state index is 10.9. The molecular formula is C11H21N3O. The lowest BCUT2D eigenvalue weighted by atomic mass is 9.71. The quantitative estimate of drug-likeness (QED) is 0.679. The third-order valence-electron chi connectivity index (χ3n) is 3.86. The van der Waals surface area contributed by atoms with Crippen LogP contribution >= 0.6 is 0 Å². The fraction of sp³-hybridized carbons (Fsp3) is 0.909. The van der Waals surface area contributed by atoms with Gasteiger partial charge in [-0.1, -0.05) is 6.92 Å². The Morgan fingerprint density at radius 1 is 1.67 bits per heavy atom. The number of amides is 1. The molecule has 3 N–H and O–H groups in total. The van der Waals surface area contributed by atoms with Gasteiger partial charge in [0, 0.05) is 19.6 Å². The summed E-state index contributed by atoms with van der Waals surface area (Å²) in [5, 5.41) is 3.51. The highest BCUT2D eigenvalue weighted by atomic mass is 16.1. The molecule has 2 heterocycles. The van der Waals surface area contributed by atoms with Crippen molar-refractivity contribution in [1.29, 1.82) is 0 Å². The van der Waals surface area contributed by atoms with Gasteiger partial charge < -0.3 is 11.1 Å². The number of nitrogens with two attached hydrogens (primary N) is 1. The number of hydrogen-bond donors (Lipinski definition) is 2. The zero-order valence-electron chi connectivity index (χ0n) is 9.46. The Morgan fingerprint density at radius 3 is 3.13 bits per heavy atom. The lowest BCUT2D eigenvalue weighted by molar-refractivity contribution is -0.120. The van der Waals surface area contributed by atoms with E-state index in [2.05, 4.69) is 17.1 Å². The molecule has 2 bridgehead atoms. The van der Waals surface area contributed by atoms with Crippen LogP contribution in [0.25, 0.3) is 0 Å². The number of nitrogens with one attached hydrogen (secondary N) is 1. The zero-order chi connectivity index (χ0) is 10.9. The van der Waals surface area contributed by atoms with Crippen molar-refractivity contribution < 1.29 is 4.79 Å². The van der Waals surface area contributed by atoms with Crippen molar-refractivity contribution in [1.82, 2.24) is 10.2 Å². The summed E-state index contributed by atoms with van der Waals surface area (Å²) in [6.45, 7) is 6.91. The van der Waals surface area contributed by atoms with Gasteiger partial charge in [0.05, 0.1) is 6.54 Å². The fourth-order valence-corrected chi connectivity index (χ4v) is 3.17. The second-order valence-electron chi connectivity index (χ2n) is 5.19. The van der Waals surface area contributed by atoms with Crippen molar-refractivity contribution in [3.63, 3.8) is 0 Å². The number of likely N-dealkylation sites (tertiary alicyclic amines) is 1. The first-order valence-corrected chi connectivity index (χ1v) is 5.85. The Balaban J connectivity index is 2.03. The highest BCUT2D eigenvalue weighted by Gasteiger charge is 2.41. The van der Waals surface area contributed by atoms with Gasteiger partial charge in [0.25, 0.3) is 0 Å². The Hall–Kier alpha value is -0.610. The smallest absolute Gasteiger partial charge is 0.231 e. The summed E-state index contributed by atoms with van der Waals surface area (Å²) >= 11 is 0. The molecule has 0 aromatic carbocycles. The SMILES string of the molecule is CCC12CNCC(CN(CC(N)=O)C1)C2. The first kappa shape index (κ1) is 10.9. The molecule has 0 radical (unpaired) electrons. The number of fused-ring (bicyclic) bond motifs is 2. The number of carbonyl (C=O) groups excluding carboxylic acids is 1. The van der Waals surface area contributed by atoms with E-state index in [4.69, 9.17) is 5.73 Å². The van der Waals surface area contributed by atoms with Crippen LogP contribution in [0, 0.1) is 11.3 Å². The first-order valence-electron chi connectivity index (χ1n) is 5.85. The van der Waals surface area contributed by atoms with Gasteiger partial charge in [0.15, 0.2) is 0 Å². The topological polar surface area (TPSA) is 58.4 Å². The van der Waals surface area contributed by atoms with E-state index in [0.29, 0.717) is 17.9 Å². The van der Waals surface area contributed by atoms with Gasteiger partial charge in [0.1, 0.15) is 0 Å². The number of piperidine rings is 2. The van der Waals surface area contributed by atoms with Gasteiger partial charge in [0.2, 0.25) is 5.91 Å². The predicted octanol–water partition coefficient (Wildman–Crippen LogP) is -0.207. The number of primary amides is 1. The summed E-state index contributed by atoms with van der Waals surface area (Å²) in [7, 11) is 0. The minimum atomic E-state index is -0.200. The van der Waals surface area contributed by atoms with Crippen LogP contribution in [0.2, 0.25) is 0 Å². The molecule has 86 valence electrons. The van der Waals surface area contributed by atoms with Gasteiger partial charge in [-0.2, -0.15) is 0 Å². The molecule has 0 aromatic rings.